The summed E-state index contributed by atoms with van der Waals surface area (Å²) in [5, 5.41) is 9.73. The van der Waals surface area contributed by atoms with Crippen molar-refractivity contribution >= 4 is 71.3 Å². The third kappa shape index (κ3) is 7.52. The molecule has 1 aromatic heterocycles. The number of para-hydroxylation sites is 2. The first kappa shape index (κ1) is 43.1. The number of hydrogen-bond donors (Lipinski definition) is 0. The fourth-order valence-corrected chi connectivity index (χ4v) is 11.3. The zero-order valence-corrected chi connectivity index (χ0v) is 40.5. The van der Waals surface area contributed by atoms with Crippen molar-refractivity contribution < 1.29 is 4.42 Å². The number of anilines is 3. The van der Waals surface area contributed by atoms with E-state index in [1.54, 1.807) is 0 Å². The molecule has 0 saturated heterocycles. The second kappa shape index (κ2) is 18.1. The van der Waals surface area contributed by atoms with E-state index in [0.717, 1.165) is 61.3 Å². The highest BCUT2D eigenvalue weighted by Gasteiger charge is 2.20. The Bertz CT molecular complexity index is 4380. The molecule has 0 aliphatic rings. The minimum absolute atomic E-state index is 0.892. The van der Waals surface area contributed by atoms with Gasteiger partial charge in [0.05, 0.1) is 0 Å². The summed E-state index contributed by atoms with van der Waals surface area (Å²) in [6, 6.07) is 103. The van der Waals surface area contributed by atoms with E-state index in [2.05, 4.69) is 278 Å². The number of benzene rings is 13. The number of furan rings is 1. The first-order valence-corrected chi connectivity index (χ1v) is 25.4. The van der Waals surface area contributed by atoms with Crippen LogP contribution < -0.4 is 4.90 Å². The van der Waals surface area contributed by atoms with Gasteiger partial charge in [0, 0.05) is 33.4 Å². The van der Waals surface area contributed by atoms with Gasteiger partial charge in [-0.15, -0.1) is 0 Å². The lowest BCUT2D eigenvalue weighted by molar-refractivity contribution is 0.670. The largest absolute Gasteiger partial charge is 0.455 e. The van der Waals surface area contributed by atoms with E-state index in [1.807, 2.05) is 12.1 Å². The van der Waals surface area contributed by atoms with Gasteiger partial charge in [-0.3, -0.25) is 0 Å². The molecule has 14 aromatic rings. The molecule has 0 spiro atoms. The van der Waals surface area contributed by atoms with Crippen LogP contribution in [0, 0.1) is 0 Å². The SMILES string of the molecule is c1ccc(-c2c(-c3ccccc3)c3cc(-c4ccc(N(c5ccc(-c6ccc(-c7cccc8ccccc78)cc6)cc5)c5cccc(-c6cccc7c6oc6ccccc67)c5)cc4)ccc3c3ccccc23)cc1. The van der Waals surface area contributed by atoms with E-state index in [9.17, 15) is 0 Å². The molecule has 346 valence electrons. The molecule has 2 heteroatoms. The van der Waals surface area contributed by atoms with Gasteiger partial charge < -0.3 is 9.32 Å². The lowest BCUT2D eigenvalue weighted by Gasteiger charge is -2.26. The van der Waals surface area contributed by atoms with Crippen LogP contribution in [0.1, 0.15) is 0 Å². The standard InChI is InChI=1S/C72H47NO/c1-3-17-53(18-4-1)70-66-27-10-9-25-63(66)64-45-40-55(47-68(64)71(70)54-19-5-2-6-20-54)50-38-43-58(44-39-50)73(59-23-13-22-56(46-59)62-29-15-30-67-65-26-11-12-31-69(65)74-72(62)67)57-41-36-49(37-42-57)48-32-34-52(35-33-48)61-28-14-21-51-16-7-8-24-60(51)61/h1-47H. The number of fused-ring (bicyclic) bond motifs is 7. The first-order valence-electron chi connectivity index (χ1n) is 25.4. The molecule has 0 unspecified atom stereocenters. The molecule has 14 rings (SSSR count). The third-order valence-corrected chi connectivity index (χ3v) is 14.9. The van der Waals surface area contributed by atoms with Crippen LogP contribution in [0.4, 0.5) is 17.1 Å². The van der Waals surface area contributed by atoms with Crippen molar-refractivity contribution in [2.24, 2.45) is 0 Å². The molecule has 0 bridgehead atoms. The monoisotopic (exact) mass is 941 g/mol. The maximum absolute atomic E-state index is 6.56. The summed E-state index contributed by atoms with van der Waals surface area (Å²) in [5.74, 6) is 0. The van der Waals surface area contributed by atoms with Crippen molar-refractivity contribution in [2.75, 3.05) is 4.90 Å². The van der Waals surface area contributed by atoms with Gasteiger partial charge in [-0.25, -0.2) is 0 Å². The van der Waals surface area contributed by atoms with E-state index in [4.69, 9.17) is 4.42 Å². The molecular weight excluding hydrogens is 895 g/mol. The fourth-order valence-electron chi connectivity index (χ4n) is 11.3. The first-order chi connectivity index (χ1) is 36.7. The highest BCUT2D eigenvalue weighted by molar-refractivity contribution is 6.22. The van der Waals surface area contributed by atoms with Gasteiger partial charge in [0.15, 0.2) is 0 Å². The predicted octanol–water partition coefficient (Wildman–Crippen LogP) is 20.5. The normalized spacial score (nSPS) is 11.5. The summed E-state index contributed by atoms with van der Waals surface area (Å²) in [6.45, 7) is 0. The topological polar surface area (TPSA) is 16.4 Å². The van der Waals surface area contributed by atoms with Crippen LogP contribution >= 0.6 is 0 Å². The van der Waals surface area contributed by atoms with E-state index in [0.29, 0.717) is 0 Å². The Kier molecular flexibility index (Phi) is 10.6. The Hall–Kier alpha value is -9.76. The average Bonchev–Trinajstić information content (AvgIpc) is 3.87. The summed E-state index contributed by atoms with van der Waals surface area (Å²) >= 11 is 0. The molecule has 13 aromatic carbocycles. The Balaban J connectivity index is 0.874. The third-order valence-electron chi connectivity index (χ3n) is 14.9. The molecule has 0 N–H and O–H groups in total. The van der Waals surface area contributed by atoms with Crippen molar-refractivity contribution in [1.29, 1.82) is 0 Å². The smallest absolute Gasteiger partial charge is 0.143 e. The molecule has 0 amide bonds. The molecule has 74 heavy (non-hydrogen) atoms. The van der Waals surface area contributed by atoms with E-state index in [1.165, 1.54) is 76.8 Å². The Morgan fingerprint density at radius 1 is 0.230 bits per heavy atom. The Morgan fingerprint density at radius 2 is 0.703 bits per heavy atom. The summed E-state index contributed by atoms with van der Waals surface area (Å²) in [6.07, 6.45) is 0. The summed E-state index contributed by atoms with van der Waals surface area (Å²) < 4.78 is 6.56. The Labute approximate surface area is 430 Å². The van der Waals surface area contributed by atoms with Crippen LogP contribution in [0.5, 0.6) is 0 Å². The molecule has 0 saturated carbocycles. The molecule has 0 fully saturated rings. The molecule has 2 nitrogen and oxygen atoms in total. The minimum Gasteiger partial charge on any atom is -0.455 e. The molecule has 0 radical (unpaired) electrons. The summed E-state index contributed by atoms with van der Waals surface area (Å²) in [7, 11) is 0. The van der Waals surface area contributed by atoms with Crippen LogP contribution in [0.2, 0.25) is 0 Å². The molecule has 1 heterocycles. The van der Waals surface area contributed by atoms with Gasteiger partial charge in [-0.1, -0.05) is 237 Å². The van der Waals surface area contributed by atoms with Gasteiger partial charge in [-0.2, -0.15) is 0 Å². The predicted molar refractivity (Wildman–Crippen MR) is 314 cm³/mol. The summed E-state index contributed by atoms with van der Waals surface area (Å²) in [5.41, 5.74) is 19.1. The van der Waals surface area contributed by atoms with Crippen LogP contribution in [0.15, 0.2) is 290 Å². The van der Waals surface area contributed by atoms with Gasteiger partial charge in [-0.05, 0) is 142 Å². The van der Waals surface area contributed by atoms with Gasteiger partial charge >= 0.3 is 0 Å². The van der Waals surface area contributed by atoms with Crippen molar-refractivity contribution in [3.63, 3.8) is 0 Å². The quantitative estimate of drug-likeness (QED) is 0.134. The number of rotatable bonds is 9. The number of nitrogens with zero attached hydrogens (tertiary/aromatic N) is 1. The highest BCUT2D eigenvalue weighted by Crippen LogP contribution is 2.47. The lowest BCUT2D eigenvalue weighted by atomic mass is 9.84. The molecular formula is C72H47NO. The zero-order chi connectivity index (χ0) is 49.0. The molecule has 0 aliphatic carbocycles. The van der Waals surface area contributed by atoms with Crippen LogP contribution in [-0.2, 0) is 0 Å². The minimum atomic E-state index is 0.892. The van der Waals surface area contributed by atoms with Crippen LogP contribution in [0.25, 0.3) is 121 Å². The highest BCUT2D eigenvalue weighted by atomic mass is 16.3. The van der Waals surface area contributed by atoms with Gasteiger partial charge in [0.25, 0.3) is 0 Å². The average molecular weight is 942 g/mol. The van der Waals surface area contributed by atoms with E-state index in [-0.39, 0.29) is 0 Å². The second-order valence-corrected chi connectivity index (χ2v) is 19.2. The van der Waals surface area contributed by atoms with E-state index >= 15 is 0 Å². The number of hydrogen-bond acceptors (Lipinski definition) is 2. The second-order valence-electron chi connectivity index (χ2n) is 19.2. The zero-order valence-electron chi connectivity index (χ0n) is 40.5. The van der Waals surface area contributed by atoms with E-state index < -0.39 is 0 Å². The van der Waals surface area contributed by atoms with Crippen molar-refractivity contribution in [2.45, 2.75) is 0 Å². The van der Waals surface area contributed by atoms with Gasteiger partial charge in [0.2, 0.25) is 0 Å². The van der Waals surface area contributed by atoms with Crippen LogP contribution in [-0.4, -0.2) is 0 Å². The molecule has 0 aliphatic heterocycles. The fraction of sp³-hybridized carbons (Fsp3) is 0. The lowest BCUT2D eigenvalue weighted by Crippen LogP contribution is -2.10. The van der Waals surface area contributed by atoms with Crippen molar-refractivity contribution in [3.05, 3.63) is 285 Å². The summed E-state index contributed by atoms with van der Waals surface area (Å²) in [4.78, 5) is 2.37. The Morgan fingerprint density at radius 3 is 1.42 bits per heavy atom. The van der Waals surface area contributed by atoms with Crippen molar-refractivity contribution in [1.82, 2.24) is 0 Å². The maximum Gasteiger partial charge on any atom is 0.143 e. The van der Waals surface area contributed by atoms with Crippen LogP contribution in [0.3, 0.4) is 0 Å². The molecule has 0 atom stereocenters. The van der Waals surface area contributed by atoms with Gasteiger partial charge in [0.1, 0.15) is 11.2 Å². The maximum atomic E-state index is 6.56. The van der Waals surface area contributed by atoms with Crippen molar-refractivity contribution in [3.8, 4) is 66.8 Å².